The molecular formula is C14H29ClN4O3S. The number of carbonyl (C=O) groups is 1. The van der Waals surface area contributed by atoms with Crippen LogP contribution in [0.2, 0.25) is 0 Å². The first-order valence-electron chi connectivity index (χ1n) is 8.17. The standard InChI is InChI=1S/C14H28N4O3S.ClH/c1-3-17(2)22(20,21)18-9-5-6-12(11-18)10-16-14(19)13-7-4-8-15-13;/h12-13,15H,3-11H2,1-2H3,(H,16,19);1H. The number of piperidine rings is 1. The minimum Gasteiger partial charge on any atom is -0.354 e. The Morgan fingerprint density at radius 2 is 2.09 bits per heavy atom. The molecule has 0 aromatic carbocycles. The lowest BCUT2D eigenvalue weighted by atomic mass is 9.99. The Morgan fingerprint density at radius 3 is 2.70 bits per heavy atom. The quantitative estimate of drug-likeness (QED) is 0.701. The average Bonchev–Trinajstić information content (AvgIpc) is 3.06. The molecule has 2 rings (SSSR count). The molecule has 2 aliphatic heterocycles. The van der Waals surface area contributed by atoms with Gasteiger partial charge in [0.05, 0.1) is 6.04 Å². The molecule has 2 unspecified atom stereocenters. The Labute approximate surface area is 145 Å². The highest BCUT2D eigenvalue weighted by Crippen LogP contribution is 2.20. The van der Waals surface area contributed by atoms with Gasteiger partial charge in [-0.3, -0.25) is 4.79 Å². The summed E-state index contributed by atoms with van der Waals surface area (Å²) in [4.78, 5) is 12.0. The Balaban J connectivity index is 0.00000264. The van der Waals surface area contributed by atoms with Crippen LogP contribution < -0.4 is 10.6 Å². The van der Waals surface area contributed by atoms with E-state index in [0.29, 0.717) is 26.2 Å². The molecule has 2 atom stereocenters. The predicted molar refractivity (Wildman–Crippen MR) is 92.8 cm³/mol. The molecule has 2 fully saturated rings. The minimum atomic E-state index is -3.36. The van der Waals surface area contributed by atoms with Crippen LogP contribution in [0, 0.1) is 5.92 Å². The van der Waals surface area contributed by atoms with Gasteiger partial charge in [0.15, 0.2) is 0 Å². The van der Waals surface area contributed by atoms with Gasteiger partial charge in [0.1, 0.15) is 0 Å². The van der Waals surface area contributed by atoms with Crippen molar-refractivity contribution in [1.82, 2.24) is 19.2 Å². The highest BCUT2D eigenvalue weighted by Gasteiger charge is 2.31. The predicted octanol–water partition coefficient (Wildman–Crippen LogP) is 0.185. The smallest absolute Gasteiger partial charge is 0.281 e. The lowest BCUT2D eigenvalue weighted by Crippen LogP contribution is -2.49. The maximum atomic E-state index is 12.4. The molecule has 2 heterocycles. The zero-order valence-electron chi connectivity index (χ0n) is 14.0. The summed E-state index contributed by atoms with van der Waals surface area (Å²) < 4.78 is 27.6. The Kier molecular flexibility index (Phi) is 8.23. The number of amides is 1. The lowest BCUT2D eigenvalue weighted by Gasteiger charge is -2.34. The van der Waals surface area contributed by atoms with Crippen LogP contribution in [0.4, 0.5) is 0 Å². The molecule has 0 aromatic heterocycles. The third-order valence-electron chi connectivity index (χ3n) is 4.59. The van der Waals surface area contributed by atoms with Crippen LogP contribution in [0.15, 0.2) is 0 Å². The molecule has 0 aromatic rings. The first-order chi connectivity index (χ1) is 10.4. The summed E-state index contributed by atoms with van der Waals surface area (Å²) in [6.45, 7) is 4.81. The fourth-order valence-electron chi connectivity index (χ4n) is 3.04. The fourth-order valence-corrected chi connectivity index (χ4v) is 4.52. The summed E-state index contributed by atoms with van der Waals surface area (Å²) in [6, 6.07) is -0.0744. The number of nitrogens with one attached hydrogen (secondary N) is 2. The van der Waals surface area contributed by atoms with Crippen LogP contribution in [0.3, 0.4) is 0 Å². The van der Waals surface area contributed by atoms with Crippen LogP contribution in [0.1, 0.15) is 32.6 Å². The van der Waals surface area contributed by atoms with E-state index < -0.39 is 10.2 Å². The number of hydrogen-bond donors (Lipinski definition) is 2. The molecule has 0 radical (unpaired) electrons. The van der Waals surface area contributed by atoms with Crippen molar-refractivity contribution in [2.45, 2.75) is 38.6 Å². The molecule has 0 spiro atoms. The summed E-state index contributed by atoms with van der Waals surface area (Å²) in [7, 11) is -1.75. The molecule has 23 heavy (non-hydrogen) atoms. The van der Waals surface area contributed by atoms with E-state index in [9.17, 15) is 13.2 Å². The van der Waals surface area contributed by atoms with Crippen molar-refractivity contribution in [2.24, 2.45) is 5.92 Å². The van der Waals surface area contributed by atoms with Crippen molar-refractivity contribution >= 4 is 28.5 Å². The number of hydrogen-bond acceptors (Lipinski definition) is 4. The van der Waals surface area contributed by atoms with E-state index in [1.165, 1.54) is 4.31 Å². The van der Waals surface area contributed by atoms with Crippen molar-refractivity contribution in [1.29, 1.82) is 0 Å². The minimum absolute atomic E-state index is 0. The summed E-state index contributed by atoms with van der Waals surface area (Å²) in [5.41, 5.74) is 0. The van der Waals surface area contributed by atoms with Crippen LogP contribution >= 0.6 is 12.4 Å². The third-order valence-corrected chi connectivity index (χ3v) is 6.62. The molecule has 0 bridgehead atoms. The first-order valence-corrected chi connectivity index (χ1v) is 9.57. The molecule has 9 heteroatoms. The number of halogens is 1. The van der Waals surface area contributed by atoms with E-state index in [4.69, 9.17) is 0 Å². The Morgan fingerprint density at radius 1 is 1.35 bits per heavy atom. The molecule has 7 nitrogen and oxygen atoms in total. The van der Waals surface area contributed by atoms with Gasteiger partial charge in [-0.25, -0.2) is 0 Å². The molecule has 2 saturated heterocycles. The molecule has 0 saturated carbocycles. The number of carbonyl (C=O) groups excluding carboxylic acids is 1. The second-order valence-electron chi connectivity index (χ2n) is 6.18. The van der Waals surface area contributed by atoms with E-state index >= 15 is 0 Å². The Hall–Kier alpha value is -0.410. The summed E-state index contributed by atoms with van der Waals surface area (Å²) >= 11 is 0. The summed E-state index contributed by atoms with van der Waals surface area (Å²) in [5, 5.41) is 6.15. The maximum absolute atomic E-state index is 12.4. The van der Waals surface area contributed by atoms with Gasteiger partial charge in [0.25, 0.3) is 10.2 Å². The number of nitrogens with zero attached hydrogens (tertiary/aromatic N) is 2. The van der Waals surface area contributed by atoms with Gasteiger partial charge in [0.2, 0.25) is 5.91 Å². The van der Waals surface area contributed by atoms with Gasteiger partial charge < -0.3 is 10.6 Å². The van der Waals surface area contributed by atoms with Crippen molar-refractivity contribution < 1.29 is 13.2 Å². The van der Waals surface area contributed by atoms with E-state index in [2.05, 4.69) is 10.6 Å². The Bertz CT molecular complexity index is 482. The SMILES string of the molecule is CCN(C)S(=O)(=O)N1CCCC(CNC(=O)C2CCCN2)C1.Cl. The largest absolute Gasteiger partial charge is 0.354 e. The van der Waals surface area contributed by atoms with Crippen LogP contribution in [0.25, 0.3) is 0 Å². The van der Waals surface area contributed by atoms with Gasteiger partial charge >= 0.3 is 0 Å². The molecule has 2 N–H and O–H groups in total. The molecule has 1 amide bonds. The van der Waals surface area contributed by atoms with Crippen molar-refractivity contribution in [3.63, 3.8) is 0 Å². The summed E-state index contributed by atoms with van der Waals surface area (Å²) in [5.74, 6) is 0.238. The maximum Gasteiger partial charge on any atom is 0.281 e. The average molecular weight is 369 g/mol. The van der Waals surface area contributed by atoms with E-state index in [1.54, 1.807) is 11.4 Å². The van der Waals surface area contributed by atoms with Crippen molar-refractivity contribution in [3.8, 4) is 0 Å². The molecule has 0 aliphatic carbocycles. The highest BCUT2D eigenvalue weighted by atomic mass is 35.5. The molecular weight excluding hydrogens is 340 g/mol. The van der Waals surface area contributed by atoms with Crippen molar-refractivity contribution in [2.75, 3.05) is 39.8 Å². The second-order valence-corrected chi connectivity index (χ2v) is 8.22. The van der Waals surface area contributed by atoms with Gasteiger partial charge in [0, 0.05) is 33.2 Å². The van der Waals surface area contributed by atoms with Crippen LogP contribution in [-0.4, -0.2) is 68.7 Å². The third kappa shape index (κ3) is 5.29. The molecule has 2 aliphatic rings. The normalized spacial score (nSPS) is 26.0. The monoisotopic (exact) mass is 368 g/mol. The van der Waals surface area contributed by atoms with Gasteiger partial charge in [-0.15, -0.1) is 12.4 Å². The summed E-state index contributed by atoms with van der Waals surface area (Å²) in [6.07, 6.45) is 3.73. The van der Waals surface area contributed by atoms with E-state index in [1.807, 2.05) is 6.92 Å². The van der Waals surface area contributed by atoms with Crippen LogP contribution in [0.5, 0.6) is 0 Å². The van der Waals surface area contributed by atoms with Gasteiger partial charge in [-0.05, 0) is 38.1 Å². The van der Waals surface area contributed by atoms with Crippen LogP contribution in [-0.2, 0) is 15.0 Å². The van der Waals surface area contributed by atoms with E-state index in [-0.39, 0.29) is 30.3 Å². The first kappa shape index (κ1) is 20.6. The van der Waals surface area contributed by atoms with E-state index in [0.717, 1.165) is 32.2 Å². The lowest BCUT2D eigenvalue weighted by molar-refractivity contribution is -0.123. The zero-order valence-corrected chi connectivity index (χ0v) is 15.6. The second kappa shape index (κ2) is 9.17. The highest BCUT2D eigenvalue weighted by molar-refractivity contribution is 7.86. The molecule has 136 valence electrons. The van der Waals surface area contributed by atoms with Gasteiger partial charge in [-0.2, -0.15) is 17.0 Å². The number of rotatable bonds is 6. The fraction of sp³-hybridized carbons (Fsp3) is 0.929. The van der Waals surface area contributed by atoms with Crippen molar-refractivity contribution in [3.05, 3.63) is 0 Å². The topological polar surface area (TPSA) is 81.8 Å². The van der Waals surface area contributed by atoms with Gasteiger partial charge in [-0.1, -0.05) is 6.92 Å². The zero-order chi connectivity index (χ0) is 16.2.